The molecule has 1 aromatic rings. The van der Waals surface area contributed by atoms with Gasteiger partial charge >= 0.3 is 0 Å². The molecule has 0 bridgehead atoms. The van der Waals surface area contributed by atoms with Crippen molar-refractivity contribution in [3.05, 3.63) is 59.7 Å². The zero-order valence-electron chi connectivity index (χ0n) is 9.08. The molecule has 1 aliphatic rings. The Balaban J connectivity index is 1.92. The monoisotopic (exact) mass is 210 g/mol. The quantitative estimate of drug-likeness (QED) is 0.540. The molecule has 1 aromatic carbocycles. The Kier molecular flexibility index (Phi) is 3.83. The zero-order chi connectivity index (χ0) is 11.1. The maximum atomic E-state index is 4.02. The molecular formula is C14H14N2. The number of hydrogen-bond donors (Lipinski definition) is 0. The highest BCUT2D eigenvalue weighted by molar-refractivity contribution is 5.84. The molecule has 0 spiro atoms. The van der Waals surface area contributed by atoms with Crippen molar-refractivity contribution in [1.82, 2.24) is 0 Å². The Hall–Kier alpha value is -1.96. The molecule has 0 heterocycles. The molecule has 0 fully saturated rings. The van der Waals surface area contributed by atoms with Crippen LogP contribution in [-0.4, -0.2) is 12.4 Å². The molecule has 0 atom stereocenters. The van der Waals surface area contributed by atoms with E-state index in [2.05, 4.69) is 28.4 Å². The van der Waals surface area contributed by atoms with E-state index in [1.165, 1.54) is 0 Å². The summed E-state index contributed by atoms with van der Waals surface area (Å²) < 4.78 is 0. The fraction of sp³-hybridized carbons (Fsp3) is 0.143. The van der Waals surface area contributed by atoms with Crippen molar-refractivity contribution in [3.8, 4) is 0 Å². The summed E-state index contributed by atoms with van der Waals surface area (Å²) in [5, 5.41) is 8.02. The minimum absolute atomic E-state index is 1.06. The van der Waals surface area contributed by atoms with Crippen molar-refractivity contribution < 1.29 is 0 Å². The first-order valence-electron chi connectivity index (χ1n) is 5.43. The van der Waals surface area contributed by atoms with Crippen LogP contribution in [0, 0.1) is 0 Å². The fourth-order valence-corrected chi connectivity index (χ4v) is 1.47. The van der Waals surface area contributed by atoms with Crippen molar-refractivity contribution in [2.45, 2.75) is 12.8 Å². The summed E-state index contributed by atoms with van der Waals surface area (Å²) >= 11 is 0. The second-order valence-corrected chi connectivity index (χ2v) is 3.58. The molecule has 0 unspecified atom stereocenters. The molecule has 0 aromatic heterocycles. The molecule has 0 saturated heterocycles. The molecule has 0 radical (unpaired) electrons. The minimum Gasteiger partial charge on any atom is -0.159 e. The van der Waals surface area contributed by atoms with Gasteiger partial charge in [0.15, 0.2) is 0 Å². The first-order valence-corrected chi connectivity index (χ1v) is 5.43. The summed E-state index contributed by atoms with van der Waals surface area (Å²) in [7, 11) is 0. The second-order valence-electron chi connectivity index (χ2n) is 3.58. The molecular weight excluding hydrogens is 196 g/mol. The number of allylic oxidation sites excluding steroid dienone is 4. The Morgan fingerprint density at radius 1 is 0.938 bits per heavy atom. The third-order valence-electron chi connectivity index (χ3n) is 2.30. The molecule has 2 nitrogen and oxygen atoms in total. The van der Waals surface area contributed by atoms with E-state index in [1.807, 2.05) is 30.3 Å². The van der Waals surface area contributed by atoms with Gasteiger partial charge in [0.2, 0.25) is 0 Å². The lowest BCUT2D eigenvalue weighted by atomic mass is 10.1. The van der Waals surface area contributed by atoms with E-state index in [0.717, 1.165) is 24.0 Å². The number of hydrogen-bond acceptors (Lipinski definition) is 2. The van der Waals surface area contributed by atoms with Crippen LogP contribution in [0.25, 0.3) is 0 Å². The van der Waals surface area contributed by atoms with Crippen molar-refractivity contribution in [1.29, 1.82) is 0 Å². The average molecular weight is 210 g/mol. The molecule has 0 saturated carbocycles. The normalized spacial score (nSPS) is 15.9. The van der Waals surface area contributed by atoms with Crippen LogP contribution >= 0.6 is 0 Å². The number of nitrogens with zero attached hydrogens (tertiary/aromatic N) is 2. The maximum absolute atomic E-state index is 4.02. The molecule has 16 heavy (non-hydrogen) atoms. The van der Waals surface area contributed by atoms with Crippen molar-refractivity contribution in [2.75, 3.05) is 0 Å². The summed E-state index contributed by atoms with van der Waals surface area (Å²) in [4.78, 5) is 0. The number of benzene rings is 1. The second kappa shape index (κ2) is 5.81. The predicted molar refractivity (Wildman–Crippen MR) is 69.0 cm³/mol. The molecule has 0 N–H and O–H groups in total. The third-order valence-corrected chi connectivity index (χ3v) is 2.30. The van der Waals surface area contributed by atoms with Gasteiger partial charge in [-0.2, -0.15) is 10.2 Å². The predicted octanol–water partition coefficient (Wildman–Crippen LogP) is 3.37. The van der Waals surface area contributed by atoms with Gasteiger partial charge in [-0.15, -0.1) is 0 Å². The first kappa shape index (κ1) is 10.6. The van der Waals surface area contributed by atoms with E-state index >= 15 is 0 Å². The van der Waals surface area contributed by atoms with Gasteiger partial charge in [0.25, 0.3) is 0 Å². The topological polar surface area (TPSA) is 24.7 Å². The summed E-state index contributed by atoms with van der Waals surface area (Å²) in [6.07, 6.45) is 12.2. The van der Waals surface area contributed by atoms with Gasteiger partial charge in [0.05, 0.1) is 12.4 Å². The SMILES string of the molecule is C1=CC(/C=N/N=C/c2ccccc2)=CCC1. The van der Waals surface area contributed by atoms with Crippen LogP contribution in [0.4, 0.5) is 0 Å². The van der Waals surface area contributed by atoms with Crippen LogP contribution in [0.5, 0.6) is 0 Å². The highest BCUT2D eigenvalue weighted by Crippen LogP contribution is 2.07. The Bertz CT molecular complexity index is 439. The molecule has 1 aliphatic carbocycles. The largest absolute Gasteiger partial charge is 0.159 e. The zero-order valence-corrected chi connectivity index (χ0v) is 9.08. The Labute approximate surface area is 95.7 Å². The minimum atomic E-state index is 1.06. The van der Waals surface area contributed by atoms with Crippen LogP contribution in [0.15, 0.2) is 64.3 Å². The van der Waals surface area contributed by atoms with Crippen LogP contribution < -0.4 is 0 Å². The van der Waals surface area contributed by atoms with E-state index in [0.29, 0.717) is 0 Å². The van der Waals surface area contributed by atoms with Crippen LogP contribution in [-0.2, 0) is 0 Å². The molecule has 0 amide bonds. The van der Waals surface area contributed by atoms with Gasteiger partial charge in [-0.3, -0.25) is 0 Å². The van der Waals surface area contributed by atoms with Crippen molar-refractivity contribution >= 4 is 12.4 Å². The summed E-state index contributed by atoms with van der Waals surface area (Å²) in [5.74, 6) is 0. The van der Waals surface area contributed by atoms with E-state index in [4.69, 9.17) is 0 Å². The third kappa shape index (κ3) is 3.31. The van der Waals surface area contributed by atoms with E-state index < -0.39 is 0 Å². The summed E-state index contributed by atoms with van der Waals surface area (Å²) in [5.41, 5.74) is 2.20. The average Bonchev–Trinajstić information content (AvgIpc) is 2.37. The highest BCUT2D eigenvalue weighted by Gasteiger charge is 1.91. The van der Waals surface area contributed by atoms with E-state index in [1.54, 1.807) is 12.4 Å². The lowest BCUT2D eigenvalue weighted by Crippen LogP contribution is -1.85. The van der Waals surface area contributed by atoms with Gasteiger partial charge in [0, 0.05) is 0 Å². The van der Waals surface area contributed by atoms with Crippen LogP contribution in [0.3, 0.4) is 0 Å². The van der Waals surface area contributed by atoms with Crippen LogP contribution in [0.1, 0.15) is 18.4 Å². The van der Waals surface area contributed by atoms with Crippen LogP contribution in [0.2, 0.25) is 0 Å². The standard InChI is InChI=1S/C14H14N2/c1-3-7-13(8-4-1)11-15-16-12-14-9-5-2-6-10-14/h1,3-5,7-12H,2,6H2/b15-11+,16-12+. The lowest BCUT2D eigenvalue weighted by Gasteiger charge is -1.98. The lowest BCUT2D eigenvalue weighted by molar-refractivity contribution is 1.03. The number of rotatable bonds is 3. The summed E-state index contributed by atoms with van der Waals surface area (Å²) in [6, 6.07) is 9.95. The van der Waals surface area contributed by atoms with Crippen molar-refractivity contribution in [3.63, 3.8) is 0 Å². The fourth-order valence-electron chi connectivity index (χ4n) is 1.47. The van der Waals surface area contributed by atoms with Gasteiger partial charge in [-0.25, -0.2) is 0 Å². The summed E-state index contributed by atoms with van der Waals surface area (Å²) in [6.45, 7) is 0. The Morgan fingerprint density at radius 3 is 2.50 bits per heavy atom. The van der Waals surface area contributed by atoms with Gasteiger partial charge in [0.1, 0.15) is 0 Å². The van der Waals surface area contributed by atoms with Crippen molar-refractivity contribution in [2.24, 2.45) is 10.2 Å². The Morgan fingerprint density at radius 2 is 1.75 bits per heavy atom. The van der Waals surface area contributed by atoms with Gasteiger partial charge in [-0.1, -0.05) is 48.6 Å². The first-order chi connectivity index (χ1) is 7.95. The molecule has 2 heteroatoms. The maximum Gasteiger partial charge on any atom is 0.0568 e. The van der Waals surface area contributed by atoms with E-state index in [9.17, 15) is 0 Å². The molecule has 0 aliphatic heterocycles. The molecule has 2 rings (SSSR count). The highest BCUT2D eigenvalue weighted by atomic mass is 15.2. The van der Waals surface area contributed by atoms with Gasteiger partial charge in [-0.05, 0) is 24.0 Å². The smallest absolute Gasteiger partial charge is 0.0568 e. The van der Waals surface area contributed by atoms with Gasteiger partial charge < -0.3 is 0 Å². The van der Waals surface area contributed by atoms with E-state index in [-0.39, 0.29) is 0 Å². The molecule has 80 valence electrons.